The minimum atomic E-state index is 0.538. The van der Waals surface area contributed by atoms with Gasteiger partial charge in [-0.2, -0.15) is 9.97 Å². The third-order valence-electron chi connectivity index (χ3n) is 8.89. The molecule has 0 spiro atoms. The zero-order valence-corrected chi connectivity index (χ0v) is 25.3. The molecule has 0 N–H and O–H groups in total. The van der Waals surface area contributed by atoms with Crippen LogP contribution in [0.25, 0.3) is 50.5 Å². The average Bonchev–Trinajstić information content (AvgIpc) is 3.44. The second-order valence-electron chi connectivity index (χ2n) is 11.8. The number of aromatic nitrogens is 4. The van der Waals surface area contributed by atoms with Crippen molar-refractivity contribution in [1.29, 1.82) is 0 Å². The number of aryl methyl sites for hydroxylation is 1. The van der Waals surface area contributed by atoms with Crippen LogP contribution in [-0.4, -0.2) is 19.5 Å². The maximum Gasteiger partial charge on any atom is 0.238 e. The van der Waals surface area contributed by atoms with Gasteiger partial charge in [0.15, 0.2) is 34.6 Å². The molecule has 2 aliphatic rings. The van der Waals surface area contributed by atoms with E-state index in [1.807, 2.05) is 66.7 Å². The van der Waals surface area contributed by atoms with Gasteiger partial charge in [0, 0.05) is 28.0 Å². The van der Waals surface area contributed by atoms with Gasteiger partial charge in [-0.25, -0.2) is 4.98 Å². The van der Waals surface area contributed by atoms with Crippen LogP contribution in [0.5, 0.6) is 23.0 Å². The summed E-state index contributed by atoms with van der Waals surface area (Å²) < 4.78 is 15.1. The smallest absolute Gasteiger partial charge is 0.238 e. The number of benzene rings is 6. The first-order valence-electron chi connectivity index (χ1n) is 15.5. The number of hydrogen-bond donors (Lipinski definition) is 0. The monoisotopic (exact) mass is 607 g/mol. The van der Waals surface area contributed by atoms with Crippen molar-refractivity contribution in [3.05, 3.63) is 139 Å². The molecule has 0 bridgehead atoms. The van der Waals surface area contributed by atoms with Crippen LogP contribution in [0, 0.1) is 6.92 Å². The summed E-state index contributed by atoms with van der Waals surface area (Å²) in [5, 5.41) is 2.15. The molecule has 10 rings (SSSR count). The zero-order chi connectivity index (χ0) is 31.1. The highest BCUT2D eigenvalue weighted by Gasteiger charge is 2.35. The van der Waals surface area contributed by atoms with Crippen molar-refractivity contribution in [3.8, 4) is 51.7 Å². The zero-order valence-electron chi connectivity index (χ0n) is 25.3. The van der Waals surface area contributed by atoms with Crippen LogP contribution in [0.3, 0.4) is 0 Å². The van der Waals surface area contributed by atoms with Crippen LogP contribution < -0.4 is 14.4 Å². The van der Waals surface area contributed by atoms with Gasteiger partial charge in [-0.15, -0.1) is 0 Å². The van der Waals surface area contributed by atoms with Crippen molar-refractivity contribution in [3.63, 3.8) is 0 Å². The Labute approximate surface area is 269 Å². The molecule has 7 nitrogen and oxygen atoms in total. The highest BCUT2D eigenvalue weighted by atomic mass is 16.5. The van der Waals surface area contributed by atoms with Gasteiger partial charge < -0.3 is 9.47 Å². The fourth-order valence-corrected chi connectivity index (χ4v) is 6.69. The Morgan fingerprint density at radius 1 is 0.489 bits per heavy atom. The lowest BCUT2D eigenvalue weighted by Crippen LogP contribution is -2.20. The molecule has 4 heterocycles. The largest absolute Gasteiger partial charge is 0.453 e. The molecule has 0 fully saturated rings. The average molecular weight is 608 g/mol. The second kappa shape index (κ2) is 9.76. The first-order valence-corrected chi connectivity index (χ1v) is 15.5. The molecule has 2 aliphatic heterocycles. The van der Waals surface area contributed by atoms with Crippen LogP contribution in [-0.2, 0) is 0 Å². The van der Waals surface area contributed by atoms with E-state index in [1.54, 1.807) is 0 Å². The Balaban J connectivity index is 1.25. The molecule has 0 saturated heterocycles. The molecule has 0 radical (unpaired) electrons. The minimum absolute atomic E-state index is 0.538. The molecule has 8 aromatic rings. The Hall–Kier alpha value is -6.47. The molecular weight excluding hydrogens is 582 g/mol. The van der Waals surface area contributed by atoms with Gasteiger partial charge in [-0.05, 0) is 43.3 Å². The molecule has 0 saturated carbocycles. The summed E-state index contributed by atoms with van der Waals surface area (Å²) in [6.07, 6.45) is 0. The number of fused-ring (bicyclic) bond motifs is 7. The molecule has 6 aromatic carbocycles. The second-order valence-corrected chi connectivity index (χ2v) is 11.8. The van der Waals surface area contributed by atoms with Crippen LogP contribution in [0.1, 0.15) is 5.56 Å². The number of ether oxygens (including phenoxy) is 2. The van der Waals surface area contributed by atoms with Gasteiger partial charge in [0.1, 0.15) is 5.69 Å². The first kappa shape index (κ1) is 25.8. The number of anilines is 3. The van der Waals surface area contributed by atoms with Crippen LogP contribution >= 0.6 is 0 Å². The van der Waals surface area contributed by atoms with Gasteiger partial charge in [-0.1, -0.05) is 96.6 Å². The van der Waals surface area contributed by atoms with Crippen molar-refractivity contribution in [2.45, 2.75) is 6.92 Å². The van der Waals surface area contributed by atoms with Crippen molar-refractivity contribution in [1.82, 2.24) is 19.5 Å². The summed E-state index contributed by atoms with van der Waals surface area (Å²) in [5.74, 6) is 4.79. The van der Waals surface area contributed by atoms with E-state index in [-0.39, 0.29) is 0 Å². The Morgan fingerprint density at radius 3 is 1.96 bits per heavy atom. The van der Waals surface area contributed by atoms with Crippen molar-refractivity contribution >= 4 is 38.9 Å². The molecule has 0 unspecified atom stereocenters. The number of para-hydroxylation sites is 4. The topological polar surface area (TPSA) is 65.3 Å². The molecule has 0 aliphatic carbocycles. The van der Waals surface area contributed by atoms with E-state index < -0.39 is 0 Å². The maximum absolute atomic E-state index is 6.64. The summed E-state index contributed by atoms with van der Waals surface area (Å²) in [5.41, 5.74) is 7.76. The number of hydrogen-bond acceptors (Lipinski definition) is 6. The van der Waals surface area contributed by atoms with Gasteiger partial charge in [0.2, 0.25) is 5.95 Å². The molecule has 2 aromatic heterocycles. The van der Waals surface area contributed by atoms with E-state index in [0.717, 1.165) is 73.0 Å². The van der Waals surface area contributed by atoms with E-state index in [1.165, 1.54) is 5.56 Å². The standard InChI is InChI=1S/C40H25N5O2/c1-24-18-20-26(21-19-24)39-41-38(25-10-3-2-4-11-25)42-40(43-39)45-29-13-6-5-12-27(29)28-22-32-36(23-31(28)45)47-35-17-9-16-34-37(35)44(32)30-14-7-8-15-33(30)46-34/h2-23H,1H3. The van der Waals surface area contributed by atoms with Crippen LogP contribution in [0.4, 0.5) is 17.1 Å². The lowest BCUT2D eigenvalue weighted by molar-refractivity contribution is 0.446. The molecule has 0 atom stereocenters. The van der Waals surface area contributed by atoms with Crippen molar-refractivity contribution in [2.24, 2.45) is 0 Å². The van der Waals surface area contributed by atoms with Crippen LogP contribution in [0.2, 0.25) is 0 Å². The normalized spacial score (nSPS) is 12.7. The Bertz CT molecular complexity index is 2540. The molecule has 7 heteroatoms. The molecule has 222 valence electrons. The van der Waals surface area contributed by atoms with Gasteiger partial charge in [0.05, 0.1) is 22.4 Å². The summed E-state index contributed by atoms with van der Waals surface area (Å²) >= 11 is 0. The predicted molar refractivity (Wildman–Crippen MR) is 185 cm³/mol. The molecule has 0 amide bonds. The summed E-state index contributed by atoms with van der Waals surface area (Å²) in [6.45, 7) is 2.08. The van der Waals surface area contributed by atoms with Crippen molar-refractivity contribution < 1.29 is 9.47 Å². The van der Waals surface area contributed by atoms with E-state index in [4.69, 9.17) is 24.4 Å². The lowest BCUT2D eigenvalue weighted by Gasteiger charge is -2.37. The van der Waals surface area contributed by atoms with Gasteiger partial charge in [0.25, 0.3) is 0 Å². The van der Waals surface area contributed by atoms with E-state index >= 15 is 0 Å². The van der Waals surface area contributed by atoms with Crippen LogP contribution in [0.15, 0.2) is 133 Å². The minimum Gasteiger partial charge on any atom is -0.453 e. The molecular formula is C40H25N5O2. The number of rotatable bonds is 3. The summed E-state index contributed by atoms with van der Waals surface area (Å²) in [6, 6.07) is 45.1. The molecule has 47 heavy (non-hydrogen) atoms. The first-order chi connectivity index (χ1) is 23.2. The van der Waals surface area contributed by atoms with E-state index in [2.05, 4.69) is 83.1 Å². The summed E-state index contributed by atoms with van der Waals surface area (Å²) in [4.78, 5) is 17.4. The summed E-state index contributed by atoms with van der Waals surface area (Å²) in [7, 11) is 0. The van der Waals surface area contributed by atoms with E-state index in [0.29, 0.717) is 17.6 Å². The third-order valence-corrected chi connectivity index (χ3v) is 8.89. The van der Waals surface area contributed by atoms with Gasteiger partial charge >= 0.3 is 0 Å². The quantitative estimate of drug-likeness (QED) is 0.199. The van der Waals surface area contributed by atoms with Gasteiger partial charge in [-0.3, -0.25) is 9.47 Å². The predicted octanol–water partition coefficient (Wildman–Crippen LogP) is 10.3. The highest BCUT2D eigenvalue weighted by molar-refractivity contribution is 6.12. The Kier molecular flexibility index (Phi) is 5.36. The van der Waals surface area contributed by atoms with Crippen molar-refractivity contribution in [2.75, 3.05) is 4.90 Å². The SMILES string of the molecule is Cc1ccc(-c2nc(-c3ccccc3)nc(-n3c4ccccc4c4cc5c(cc43)Oc3cccc4c3N5c3ccccc3O4)n2)cc1. The fourth-order valence-electron chi connectivity index (χ4n) is 6.69. The van der Waals surface area contributed by atoms with E-state index in [9.17, 15) is 0 Å². The highest BCUT2D eigenvalue weighted by Crippen LogP contribution is 2.60. The number of nitrogens with zero attached hydrogens (tertiary/aromatic N) is 5. The Morgan fingerprint density at radius 2 is 1.15 bits per heavy atom. The fraction of sp³-hybridized carbons (Fsp3) is 0.0250. The maximum atomic E-state index is 6.64. The third kappa shape index (κ3) is 3.90. The lowest BCUT2D eigenvalue weighted by atomic mass is 10.1.